The summed E-state index contributed by atoms with van der Waals surface area (Å²) in [5.41, 5.74) is 6.74. The Morgan fingerprint density at radius 2 is 1.93 bits per heavy atom. The lowest BCUT2D eigenvalue weighted by Crippen LogP contribution is -2.31. The van der Waals surface area contributed by atoms with Gasteiger partial charge in [0.1, 0.15) is 0 Å². The first-order valence-electron chi connectivity index (χ1n) is 10.4. The second-order valence-electron chi connectivity index (χ2n) is 6.02. The van der Waals surface area contributed by atoms with Gasteiger partial charge in [-0.2, -0.15) is 5.10 Å². The first-order chi connectivity index (χ1) is 13.6. The van der Waals surface area contributed by atoms with E-state index in [1.165, 1.54) is 5.56 Å². The van der Waals surface area contributed by atoms with Gasteiger partial charge in [0.25, 0.3) is 0 Å². The summed E-state index contributed by atoms with van der Waals surface area (Å²) in [5.74, 6) is 1.53. The average molecular weight is 388 g/mol. The van der Waals surface area contributed by atoms with Crippen molar-refractivity contribution >= 4 is 11.5 Å². The number of hydrogen-bond donors (Lipinski definition) is 2. The van der Waals surface area contributed by atoms with Crippen molar-refractivity contribution in [1.82, 2.24) is 25.5 Å². The summed E-state index contributed by atoms with van der Waals surface area (Å²) < 4.78 is 0. The summed E-state index contributed by atoms with van der Waals surface area (Å²) in [4.78, 5) is 6.92. The van der Waals surface area contributed by atoms with Gasteiger partial charge in [0.2, 0.25) is 0 Å². The van der Waals surface area contributed by atoms with Crippen molar-refractivity contribution in [3.05, 3.63) is 30.0 Å². The molecule has 2 heterocycles. The molecule has 1 aromatic carbocycles. The molecule has 0 bridgehead atoms. The molecule has 7 nitrogen and oxygen atoms in total. The van der Waals surface area contributed by atoms with E-state index in [0.29, 0.717) is 11.9 Å². The molecule has 28 heavy (non-hydrogen) atoms. The third-order valence-electron chi connectivity index (χ3n) is 4.52. The molecule has 0 fully saturated rings. The zero-order valence-electron chi connectivity index (χ0n) is 18.7. The van der Waals surface area contributed by atoms with Crippen LogP contribution in [0, 0.1) is 0 Å². The third kappa shape index (κ3) is 5.62. The fourth-order valence-electron chi connectivity index (χ4n) is 2.90. The molecule has 3 rings (SSSR count). The molecule has 7 heteroatoms. The molecular formula is C21H37N7. The van der Waals surface area contributed by atoms with E-state index in [-0.39, 0.29) is 0 Å². The minimum absolute atomic E-state index is 0.318. The minimum Gasteiger partial charge on any atom is -0.354 e. The van der Waals surface area contributed by atoms with E-state index in [1.807, 2.05) is 47.9 Å². The Kier molecular flexibility index (Phi) is 10.4. The van der Waals surface area contributed by atoms with E-state index in [2.05, 4.69) is 56.8 Å². The number of nitrogens with zero attached hydrogens (tertiary/aromatic N) is 5. The van der Waals surface area contributed by atoms with Gasteiger partial charge in [0, 0.05) is 32.2 Å². The zero-order chi connectivity index (χ0) is 21.1. The van der Waals surface area contributed by atoms with E-state index < -0.39 is 0 Å². The van der Waals surface area contributed by atoms with E-state index >= 15 is 0 Å². The molecule has 0 saturated carbocycles. The van der Waals surface area contributed by atoms with Crippen LogP contribution in [0.2, 0.25) is 0 Å². The molecule has 1 atom stereocenters. The molecule has 1 unspecified atom stereocenters. The Bertz CT molecular complexity index is 705. The van der Waals surface area contributed by atoms with Crippen molar-refractivity contribution in [2.75, 3.05) is 44.1 Å². The summed E-state index contributed by atoms with van der Waals surface area (Å²) in [6.45, 7) is 15.0. The van der Waals surface area contributed by atoms with Crippen LogP contribution in [0.15, 0.2) is 24.4 Å². The van der Waals surface area contributed by atoms with Crippen LogP contribution in [-0.4, -0.2) is 53.9 Å². The van der Waals surface area contributed by atoms with Gasteiger partial charge < -0.3 is 15.6 Å². The number of anilines is 2. The second kappa shape index (κ2) is 12.3. The van der Waals surface area contributed by atoms with Crippen LogP contribution in [0.3, 0.4) is 0 Å². The number of benzene rings is 1. The fourth-order valence-corrected chi connectivity index (χ4v) is 2.90. The maximum Gasteiger partial charge on any atom is 0.183 e. The highest BCUT2D eigenvalue weighted by molar-refractivity contribution is 5.66. The number of hydrogen-bond acceptors (Lipinski definition) is 7. The highest BCUT2D eigenvalue weighted by Gasteiger charge is 2.24. The zero-order valence-corrected chi connectivity index (χ0v) is 18.7. The van der Waals surface area contributed by atoms with Crippen molar-refractivity contribution in [1.29, 1.82) is 0 Å². The van der Waals surface area contributed by atoms with Gasteiger partial charge in [-0.25, -0.2) is 9.99 Å². The van der Waals surface area contributed by atoms with Crippen LogP contribution in [0.25, 0.3) is 11.4 Å². The summed E-state index contributed by atoms with van der Waals surface area (Å²) >= 11 is 0. The maximum absolute atomic E-state index is 4.73. The fraction of sp³-hybridized carbons (Fsp3) is 0.571. The van der Waals surface area contributed by atoms with Crippen LogP contribution < -0.4 is 15.6 Å². The highest BCUT2D eigenvalue weighted by Crippen LogP contribution is 2.35. The maximum atomic E-state index is 4.73. The lowest BCUT2D eigenvalue weighted by atomic mass is 10.0. The van der Waals surface area contributed by atoms with Crippen molar-refractivity contribution in [2.24, 2.45) is 0 Å². The van der Waals surface area contributed by atoms with Crippen molar-refractivity contribution in [2.45, 2.75) is 47.6 Å². The minimum atomic E-state index is 0.318. The highest BCUT2D eigenvalue weighted by atomic mass is 15.5. The molecule has 0 spiro atoms. The summed E-state index contributed by atoms with van der Waals surface area (Å²) in [5, 5.41) is 13.7. The Labute approximate surface area is 170 Å². The molecule has 1 aliphatic heterocycles. The number of rotatable bonds is 6. The van der Waals surface area contributed by atoms with Crippen LogP contribution in [-0.2, 0) is 0 Å². The molecule has 2 aromatic rings. The molecule has 1 aliphatic rings. The molecule has 156 valence electrons. The topological polar surface area (TPSA) is 69.2 Å². The van der Waals surface area contributed by atoms with Crippen LogP contribution >= 0.6 is 0 Å². The number of fused-ring (bicyclic) bond motifs is 1. The largest absolute Gasteiger partial charge is 0.354 e. The first kappa shape index (κ1) is 23.8. The summed E-state index contributed by atoms with van der Waals surface area (Å²) in [6.07, 6.45) is 1.73. The van der Waals surface area contributed by atoms with E-state index in [1.54, 1.807) is 6.20 Å². The Hall–Kier alpha value is -2.25. The number of nitrogens with one attached hydrogen (secondary N) is 2. The van der Waals surface area contributed by atoms with Crippen LogP contribution in [0.4, 0.5) is 11.5 Å². The average Bonchev–Trinajstić information content (AvgIpc) is 3.05. The van der Waals surface area contributed by atoms with Crippen molar-refractivity contribution in [3.63, 3.8) is 0 Å². The van der Waals surface area contributed by atoms with E-state index in [9.17, 15) is 0 Å². The van der Waals surface area contributed by atoms with Gasteiger partial charge in [-0.05, 0) is 44.7 Å². The summed E-state index contributed by atoms with van der Waals surface area (Å²) in [7, 11) is 4.00. The molecular weight excluding hydrogens is 350 g/mol. The summed E-state index contributed by atoms with van der Waals surface area (Å²) in [6, 6.07) is 6.60. The quantitative estimate of drug-likeness (QED) is 0.777. The first-order valence-corrected chi connectivity index (χ1v) is 10.4. The molecule has 2 N–H and O–H groups in total. The molecule has 0 aliphatic carbocycles. The smallest absolute Gasteiger partial charge is 0.183 e. The second-order valence-corrected chi connectivity index (χ2v) is 6.02. The van der Waals surface area contributed by atoms with E-state index in [0.717, 1.165) is 36.7 Å². The molecule has 0 radical (unpaired) electrons. The SMILES string of the molecule is CC.CC.CCN(CCNC)c1cnnc(-c2ccc3c(c2)C(C)N(C)N3)n1. The Balaban J connectivity index is 0.000000921. The van der Waals surface area contributed by atoms with Crippen molar-refractivity contribution in [3.8, 4) is 11.4 Å². The van der Waals surface area contributed by atoms with Gasteiger partial charge in [0.05, 0.1) is 17.9 Å². The van der Waals surface area contributed by atoms with Gasteiger partial charge in [-0.15, -0.1) is 5.10 Å². The third-order valence-corrected chi connectivity index (χ3v) is 4.52. The molecule has 0 saturated heterocycles. The van der Waals surface area contributed by atoms with Gasteiger partial charge in [-0.3, -0.25) is 0 Å². The molecule has 1 aromatic heterocycles. The number of aromatic nitrogens is 3. The number of likely N-dealkylation sites (N-methyl/N-ethyl adjacent to an activating group) is 2. The lowest BCUT2D eigenvalue weighted by molar-refractivity contribution is 0.342. The van der Waals surface area contributed by atoms with Gasteiger partial charge in [0.15, 0.2) is 11.6 Å². The normalized spacial score (nSPS) is 14.8. The number of hydrazine groups is 1. The van der Waals surface area contributed by atoms with Crippen LogP contribution in [0.5, 0.6) is 0 Å². The predicted octanol–water partition coefficient (Wildman–Crippen LogP) is 3.97. The Morgan fingerprint density at radius 1 is 1.21 bits per heavy atom. The molecule has 0 amide bonds. The standard InChI is InChI=1S/C17H25N7.2C2H6/c1-5-24(9-8-18-3)16-11-19-21-17(20-16)13-6-7-15-14(10-13)12(2)23(4)22-15;2*1-2/h6-7,10-12,18,22H,5,8-9H2,1-4H3;2*1-2H3. The monoisotopic (exact) mass is 387 g/mol. The van der Waals surface area contributed by atoms with Gasteiger partial charge >= 0.3 is 0 Å². The van der Waals surface area contributed by atoms with Gasteiger partial charge in [-0.1, -0.05) is 27.7 Å². The predicted molar refractivity (Wildman–Crippen MR) is 120 cm³/mol. The van der Waals surface area contributed by atoms with E-state index in [4.69, 9.17) is 4.98 Å². The Morgan fingerprint density at radius 3 is 2.57 bits per heavy atom. The lowest BCUT2D eigenvalue weighted by Gasteiger charge is -2.21. The van der Waals surface area contributed by atoms with Crippen molar-refractivity contribution < 1.29 is 0 Å². The van der Waals surface area contributed by atoms with Crippen LogP contribution in [0.1, 0.15) is 53.1 Å².